The van der Waals surface area contributed by atoms with Crippen LogP contribution >= 0.6 is 0 Å². The van der Waals surface area contributed by atoms with E-state index in [0.29, 0.717) is 0 Å². The smallest absolute Gasteiger partial charge is 0.438 e. The van der Waals surface area contributed by atoms with Gasteiger partial charge < -0.3 is 19.3 Å². The van der Waals surface area contributed by atoms with Gasteiger partial charge >= 0.3 is 6.16 Å². The number of hydrogen-bond donors (Lipinski definition) is 0. The number of nitrogens with zero attached hydrogens (tertiary/aromatic N) is 2. The Hall–Kier alpha value is -1.39. The zero-order valence-electron chi connectivity index (χ0n) is 8.48. The SMILES string of the molecule is CN1C=CN(C)C1.COC(=O)OC. The van der Waals surface area contributed by atoms with Gasteiger partial charge in [0.15, 0.2) is 0 Å². The van der Waals surface area contributed by atoms with E-state index in [-0.39, 0.29) is 0 Å². The molecule has 0 amide bonds. The van der Waals surface area contributed by atoms with Crippen LogP contribution in [0, 0.1) is 0 Å². The Morgan fingerprint density at radius 1 is 1.15 bits per heavy atom. The summed E-state index contributed by atoms with van der Waals surface area (Å²) in [7, 11) is 6.62. The molecule has 5 heteroatoms. The topological polar surface area (TPSA) is 42.0 Å². The van der Waals surface area contributed by atoms with Crippen molar-refractivity contribution in [2.45, 2.75) is 0 Å². The molecular formula is C8H16N2O3. The fraction of sp³-hybridized carbons (Fsp3) is 0.625. The van der Waals surface area contributed by atoms with Gasteiger partial charge in [-0.3, -0.25) is 0 Å². The second kappa shape index (κ2) is 6.16. The van der Waals surface area contributed by atoms with E-state index in [4.69, 9.17) is 0 Å². The summed E-state index contributed by atoms with van der Waals surface area (Å²) in [6.07, 6.45) is 3.45. The third-order valence-electron chi connectivity index (χ3n) is 1.36. The Balaban J connectivity index is 0.000000226. The highest BCUT2D eigenvalue weighted by atomic mass is 16.7. The van der Waals surface area contributed by atoms with Crippen molar-refractivity contribution in [1.82, 2.24) is 9.80 Å². The molecular weight excluding hydrogens is 172 g/mol. The van der Waals surface area contributed by atoms with Crippen molar-refractivity contribution in [2.24, 2.45) is 0 Å². The Kier molecular flexibility index (Phi) is 5.50. The lowest BCUT2D eigenvalue weighted by molar-refractivity contribution is 0.0924. The molecule has 0 N–H and O–H groups in total. The lowest BCUT2D eigenvalue weighted by atomic mass is 10.9. The molecule has 0 bridgehead atoms. The quantitative estimate of drug-likeness (QED) is 0.523. The van der Waals surface area contributed by atoms with Crippen LogP contribution in [0.2, 0.25) is 0 Å². The highest BCUT2D eigenvalue weighted by Gasteiger charge is 1.99. The molecule has 0 saturated heterocycles. The first-order valence-corrected chi connectivity index (χ1v) is 3.81. The van der Waals surface area contributed by atoms with Crippen molar-refractivity contribution in [3.05, 3.63) is 12.4 Å². The van der Waals surface area contributed by atoms with Gasteiger partial charge in [-0.25, -0.2) is 4.79 Å². The van der Waals surface area contributed by atoms with Crippen molar-refractivity contribution in [3.63, 3.8) is 0 Å². The molecule has 0 aliphatic carbocycles. The van der Waals surface area contributed by atoms with E-state index >= 15 is 0 Å². The summed E-state index contributed by atoms with van der Waals surface area (Å²) < 4.78 is 8.08. The second-order valence-corrected chi connectivity index (χ2v) is 2.61. The van der Waals surface area contributed by atoms with Crippen LogP contribution in [0.1, 0.15) is 0 Å². The molecule has 13 heavy (non-hydrogen) atoms. The largest absolute Gasteiger partial charge is 0.507 e. The lowest BCUT2D eigenvalue weighted by Gasteiger charge is -2.10. The van der Waals surface area contributed by atoms with Gasteiger partial charge in [-0.1, -0.05) is 0 Å². The van der Waals surface area contributed by atoms with Crippen molar-refractivity contribution in [1.29, 1.82) is 0 Å². The monoisotopic (exact) mass is 188 g/mol. The van der Waals surface area contributed by atoms with E-state index in [0.717, 1.165) is 6.67 Å². The molecule has 0 radical (unpaired) electrons. The second-order valence-electron chi connectivity index (χ2n) is 2.61. The minimum atomic E-state index is -0.657. The maximum absolute atomic E-state index is 9.74. The van der Waals surface area contributed by atoms with Gasteiger partial charge in [-0.2, -0.15) is 0 Å². The van der Waals surface area contributed by atoms with Crippen molar-refractivity contribution in [2.75, 3.05) is 35.0 Å². The molecule has 0 spiro atoms. The third-order valence-corrected chi connectivity index (χ3v) is 1.36. The van der Waals surface area contributed by atoms with Crippen molar-refractivity contribution in [3.8, 4) is 0 Å². The molecule has 1 aliphatic heterocycles. The molecule has 76 valence electrons. The normalized spacial score (nSPS) is 13.5. The first-order chi connectivity index (χ1) is 6.10. The molecule has 0 aromatic heterocycles. The first-order valence-electron chi connectivity index (χ1n) is 3.81. The molecule has 1 aliphatic rings. The predicted molar refractivity (Wildman–Crippen MR) is 48.9 cm³/mol. The van der Waals surface area contributed by atoms with Gasteiger partial charge in [0.05, 0.1) is 20.9 Å². The molecule has 0 unspecified atom stereocenters. The van der Waals surface area contributed by atoms with Crippen LogP contribution in [0.25, 0.3) is 0 Å². The van der Waals surface area contributed by atoms with Crippen LogP contribution in [0.3, 0.4) is 0 Å². The van der Waals surface area contributed by atoms with E-state index in [9.17, 15) is 4.79 Å². The zero-order chi connectivity index (χ0) is 10.3. The molecule has 0 aromatic rings. The van der Waals surface area contributed by atoms with E-state index < -0.39 is 6.16 Å². The standard InChI is InChI=1S/C5H10N2.C3H6O3/c1-6-3-4-7(2)5-6;1-5-3(4)6-2/h3-4H,5H2,1-2H3;1-2H3. The van der Waals surface area contributed by atoms with Gasteiger partial charge in [0.2, 0.25) is 0 Å². The Morgan fingerprint density at radius 2 is 1.54 bits per heavy atom. The average Bonchev–Trinajstić information content (AvgIpc) is 2.49. The van der Waals surface area contributed by atoms with Gasteiger partial charge in [-0.05, 0) is 0 Å². The Morgan fingerprint density at radius 3 is 1.62 bits per heavy atom. The van der Waals surface area contributed by atoms with E-state index in [2.05, 4.69) is 45.8 Å². The summed E-state index contributed by atoms with van der Waals surface area (Å²) in [5.41, 5.74) is 0. The summed E-state index contributed by atoms with van der Waals surface area (Å²) in [6, 6.07) is 0. The summed E-state index contributed by atoms with van der Waals surface area (Å²) >= 11 is 0. The summed E-state index contributed by atoms with van der Waals surface area (Å²) in [6.45, 7) is 1.03. The first kappa shape index (κ1) is 11.6. The molecule has 0 atom stereocenters. The predicted octanol–water partition coefficient (Wildman–Crippen LogP) is 0.692. The average molecular weight is 188 g/mol. The van der Waals surface area contributed by atoms with Crippen LogP contribution in [0.15, 0.2) is 12.4 Å². The van der Waals surface area contributed by atoms with Gasteiger partial charge in [-0.15, -0.1) is 0 Å². The van der Waals surface area contributed by atoms with E-state index in [1.54, 1.807) is 0 Å². The zero-order valence-corrected chi connectivity index (χ0v) is 8.48. The molecule has 5 nitrogen and oxygen atoms in total. The lowest BCUT2D eigenvalue weighted by Crippen LogP contribution is -2.17. The third kappa shape index (κ3) is 5.84. The number of rotatable bonds is 0. The van der Waals surface area contributed by atoms with Crippen LogP contribution in [-0.4, -0.2) is 50.9 Å². The minimum Gasteiger partial charge on any atom is -0.438 e. The molecule has 0 fully saturated rings. The van der Waals surface area contributed by atoms with Gasteiger partial charge in [0.25, 0.3) is 0 Å². The highest BCUT2D eigenvalue weighted by Crippen LogP contribution is 1.97. The number of ether oxygens (including phenoxy) is 2. The Labute approximate surface area is 78.5 Å². The van der Waals surface area contributed by atoms with E-state index in [1.807, 2.05) is 0 Å². The molecule has 1 rings (SSSR count). The van der Waals surface area contributed by atoms with Gasteiger partial charge in [0.1, 0.15) is 0 Å². The van der Waals surface area contributed by atoms with Crippen LogP contribution in [-0.2, 0) is 9.47 Å². The number of hydrogen-bond acceptors (Lipinski definition) is 5. The fourth-order valence-electron chi connectivity index (χ4n) is 0.757. The molecule has 1 heterocycles. The van der Waals surface area contributed by atoms with Crippen LogP contribution in [0.4, 0.5) is 4.79 Å². The number of methoxy groups -OCH3 is 2. The maximum atomic E-state index is 9.74. The summed E-state index contributed by atoms with van der Waals surface area (Å²) in [5, 5.41) is 0. The minimum absolute atomic E-state index is 0.657. The summed E-state index contributed by atoms with van der Waals surface area (Å²) in [4.78, 5) is 14.0. The van der Waals surface area contributed by atoms with Crippen LogP contribution < -0.4 is 0 Å². The maximum Gasteiger partial charge on any atom is 0.507 e. The van der Waals surface area contributed by atoms with Crippen molar-refractivity contribution >= 4 is 6.16 Å². The van der Waals surface area contributed by atoms with Crippen molar-refractivity contribution < 1.29 is 14.3 Å². The van der Waals surface area contributed by atoms with E-state index in [1.165, 1.54) is 14.2 Å². The number of carbonyl (C=O) groups is 1. The Bertz CT molecular complexity index is 166. The highest BCUT2D eigenvalue weighted by molar-refractivity contribution is 5.59. The van der Waals surface area contributed by atoms with Gasteiger partial charge in [0, 0.05) is 26.5 Å². The molecule has 0 aromatic carbocycles. The summed E-state index contributed by atoms with van der Waals surface area (Å²) in [5.74, 6) is 0. The van der Waals surface area contributed by atoms with Crippen LogP contribution in [0.5, 0.6) is 0 Å². The molecule has 0 saturated carbocycles. The fourth-order valence-corrected chi connectivity index (χ4v) is 0.757. The number of carbonyl (C=O) groups excluding carboxylic acids is 1.